The van der Waals surface area contributed by atoms with Gasteiger partial charge >= 0.3 is 0 Å². The molecule has 1 heterocycles. The normalized spacial score (nSPS) is 22.5. The molecule has 2 N–H and O–H groups in total. The minimum Gasteiger partial charge on any atom is -0.491 e. The summed E-state index contributed by atoms with van der Waals surface area (Å²) in [6.45, 7) is 7.44. The maximum absolute atomic E-state index is 13.2. The van der Waals surface area contributed by atoms with Crippen molar-refractivity contribution >= 4 is 21.6 Å². The number of carbonyl (C=O) groups is 1. The fourth-order valence-corrected chi connectivity index (χ4v) is 4.70. The third-order valence-electron chi connectivity index (χ3n) is 5.81. The predicted molar refractivity (Wildman–Crippen MR) is 128 cm³/mol. The fourth-order valence-electron chi connectivity index (χ4n) is 3.65. The second-order valence-corrected chi connectivity index (χ2v) is 10.4. The van der Waals surface area contributed by atoms with Gasteiger partial charge in [-0.3, -0.25) is 9.52 Å². The molecule has 8 nitrogen and oxygen atoms in total. The maximum atomic E-state index is 13.2. The Morgan fingerprint density at radius 3 is 2.52 bits per heavy atom. The summed E-state index contributed by atoms with van der Waals surface area (Å²) in [5, 5.41) is 3.43. The molecule has 1 aliphatic rings. The summed E-state index contributed by atoms with van der Waals surface area (Å²) in [5.74, 6) is 0.311. The molecule has 0 aromatic heterocycles. The first-order chi connectivity index (χ1) is 15.6. The van der Waals surface area contributed by atoms with Crippen LogP contribution in [0.25, 0.3) is 0 Å². The van der Waals surface area contributed by atoms with E-state index in [0.29, 0.717) is 36.7 Å². The molecule has 2 aromatic carbocycles. The van der Waals surface area contributed by atoms with Crippen molar-refractivity contribution in [2.75, 3.05) is 38.6 Å². The molecule has 0 radical (unpaired) electrons. The molecule has 9 heteroatoms. The molecule has 3 atom stereocenters. The van der Waals surface area contributed by atoms with Gasteiger partial charge in [0.25, 0.3) is 15.9 Å². The molecule has 33 heavy (non-hydrogen) atoms. The van der Waals surface area contributed by atoms with E-state index in [1.165, 1.54) is 0 Å². The number of hydrogen-bond acceptors (Lipinski definition) is 6. The van der Waals surface area contributed by atoms with Crippen molar-refractivity contribution in [2.45, 2.75) is 37.8 Å². The molecule has 0 fully saturated rings. The Morgan fingerprint density at radius 2 is 1.85 bits per heavy atom. The molecule has 2 aromatic rings. The minimum absolute atomic E-state index is 0.0259. The van der Waals surface area contributed by atoms with Crippen LogP contribution in [-0.2, 0) is 14.8 Å². The molecule has 180 valence electrons. The highest BCUT2D eigenvalue weighted by molar-refractivity contribution is 7.92. The van der Waals surface area contributed by atoms with Crippen LogP contribution in [0.4, 0.5) is 5.69 Å². The standard InChI is InChI=1S/C24H33N3O5S/c1-16-6-9-20(10-7-16)33(29,30)26-19-8-11-21-22(12-19)32-15-18(3)25-13-17(2)23(31-5)14-27(4)24(21)28/h6-12,17-18,23,25-26H,13-15H2,1-5H3/t17-,18+,23-/m0/s1. The first-order valence-corrected chi connectivity index (χ1v) is 12.5. The third kappa shape index (κ3) is 6.25. The van der Waals surface area contributed by atoms with E-state index in [1.807, 2.05) is 13.8 Å². The lowest BCUT2D eigenvalue weighted by Gasteiger charge is -2.30. The number of rotatable bonds is 4. The van der Waals surface area contributed by atoms with E-state index in [1.54, 1.807) is 61.5 Å². The smallest absolute Gasteiger partial charge is 0.261 e. The Hall–Kier alpha value is -2.62. The van der Waals surface area contributed by atoms with Crippen LogP contribution in [0.15, 0.2) is 47.4 Å². The van der Waals surface area contributed by atoms with Crippen LogP contribution in [0.3, 0.4) is 0 Å². The van der Waals surface area contributed by atoms with E-state index in [2.05, 4.69) is 17.0 Å². The molecule has 3 rings (SSSR count). The Bertz CT molecular complexity index is 1070. The van der Waals surface area contributed by atoms with Gasteiger partial charge in [-0.25, -0.2) is 8.42 Å². The lowest BCUT2D eigenvalue weighted by atomic mass is 10.0. The van der Waals surface area contributed by atoms with E-state index >= 15 is 0 Å². The van der Waals surface area contributed by atoms with Crippen LogP contribution < -0.4 is 14.8 Å². The Balaban J connectivity index is 1.91. The second kappa shape index (κ2) is 10.5. The first-order valence-electron chi connectivity index (χ1n) is 11.0. The van der Waals surface area contributed by atoms with Crippen molar-refractivity contribution in [3.05, 3.63) is 53.6 Å². The molecule has 0 saturated heterocycles. The molecular weight excluding hydrogens is 442 g/mol. The molecule has 0 spiro atoms. The summed E-state index contributed by atoms with van der Waals surface area (Å²) < 4.78 is 39.8. The van der Waals surface area contributed by atoms with E-state index in [-0.39, 0.29) is 28.9 Å². The average Bonchev–Trinajstić information content (AvgIpc) is 2.78. The van der Waals surface area contributed by atoms with Crippen LogP contribution in [0.5, 0.6) is 5.75 Å². The fraction of sp³-hybridized carbons (Fsp3) is 0.458. The molecule has 0 bridgehead atoms. The van der Waals surface area contributed by atoms with Gasteiger partial charge in [-0.1, -0.05) is 24.6 Å². The highest BCUT2D eigenvalue weighted by Crippen LogP contribution is 2.27. The average molecular weight is 476 g/mol. The summed E-state index contributed by atoms with van der Waals surface area (Å²) in [6.07, 6.45) is -0.122. The first kappa shape index (κ1) is 25.0. The van der Waals surface area contributed by atoms with E-state index in [4.69, 9.17) is 9.47 Å². The monoisotopic (exact) mass is 475 g/mol. The molecular formula is C24H33N3O5S. The number of amides is 1. The van der Waals surface area contributed by atoms with Crippen molar-refractivity contribution < 1.29 is 22.7 Å². The molecule has 0 unspecified atom stereocenters. The number of nitrogens with one attached hydrogen (secondary N) is 2. The number of anilines is 1. The zero-order chi connectivity index (χ0) is 24.2. The van der Waals surface area contributed by atoms with Crippen molar-refractivity contribution in [3.63, 3.8) is 0 Å². The zero-order valence-electron chi connectivity index (χ0n) is 19.8. The minimum atomic E-state index is -3.78. The van der Waals surface area contributed by atoms with Gasteiger partial charge in [-0.2, -0.15) is 0 Å². The van der Waals surface area contributed by atoms with Gasteiger partial charge in [0.2, 0.25) is 0 Å². The SMILES string of the molecule is CO[C@H]1CN(C)C(=O)c2ccc(NS(=O)(=O)c3ccc(C)cc3)cc2OC[C@@H](C)NC[C@@H]1C. The van der Waals surface area contributed by atoms with Gasteiger partial charge < -0.3 is 19.7 Å². The largest absolute Gasteiger partial charge is 0.491 e. The highest BCUT2D eigenvalue weighted by Gasteiger charge is 2.26. The lowest BCUT2D eigenvalue weighted by Crippen LogP contribution is -2.44. The van der Waals surface area contributed by atoms with Gasteiger partial charge in [0.15, 0.2) is 0 Å². The Labute approximate surface area is 196 Å². The summed E-state index contributed by atoms with van der Waals surface area (Å²) in [4.78, 5) is 15.0. The Kier molecular flexibility index (Phi) is 7.99. The van der Waals surface area contributed by atoms with Gasteiger partial charge in [0.1, 0.15) is 12.4 Å². The van der Waals surface area contributed by atoms with Crippen molar-refractivity contribution in [1.82, 2.24) is 10.2 Å². The number of sulfonamides is 1. The zero-order valence-corrected chi connectivity index (χ0v) is 20.6. The number of nitrogens with zero attached hydrogens (tertiary/aromatic N) is 1. The van der Waals surface area contributed by atoms with Gasteiger partial charge in [0, 0.05) is 39.4 Å². The summed E-state index contributed by atoms with van der Waals surface area (Å²) >= 11 is 0. The Morgan fingerprint density at radius 1 is 1.15 bits per heavy atom. The van der Waals surface area contributed by atoms with Crippen molar-refractivity contribution in [2.24, 2.45) is 5.92 Å². The quantitative estimate of drug-likeness (QED) is 0.706. The van der Waals surface area contributed by atoms with Crippen LogP contribution in [0, 0.1) is 12.8 Å². The molecule has 0 saturated carbocycles. The van der Waals surface area contributed by atoms with Crippen LogP contribution >= 0.6 is 0 Å². The van der Waals surface area contributed by atoms with Gasteiger partial charge in [-0.05, 0) is 44.0 Å². The predicted octanol–water partition coefficient (Wildman–Crippen LogP) is 2.89. The molecule has 1 aliphatic heterocycles. The summed E-state index contributed by atoms with van der Waals surface area (Å²) in [6, 6.07) is 11.3. The number of aryl methyl sites for hydroxylation is 1. The third-order valence-corrected chi connectivity index (χ3v) is 7.21. The number of likely N-dealkylation sites (N-methyl/N-ethyl adjacent to an activating group) is 1. The van der Waals surface area contributed by atoms with Crippen molar-refractivity contribution in [1.29, 1.82) is 0 Å². The number of carbonyl (C=O) groups excluding carboxylic acids is 1. The van der Waals surface area contributed by atoms with Crippen LogP contribution in [0.1, 0.15) is 29.8 Å². The topological polar surface area (TPSA) is 97.0 Å². The van der Waals surface area contributed by atoms with E-state index in [9.17, 15) is 13.2 Å². The lowest BCUT2D eigenvalue weighted by molar-refractivity contribution is 0.0281. The van der Waals surface area contributed by atoms with Gasteiger partial charge in [0.05, 0.1) is 22.3 Å². The number of hydrogen-bond donors (Lipinski definition) is 2. The van der Waals surface area contributed by atoms with E-state index < -0.39 is 10.0 Å². The number of benzene rings is 2. The number of ether oxygens (including phenoxy) is 2. The molecule has 1 amide bonds. The number of methoxy groups -OCH3 is 1. The van der Waals surface area contributed by atoms with Crippen LogP contribution in [0.2, 0.25) is 0 Å². The van der Waals surface area contributed by atoms with E-state index in [0.717, 1.165) is 5.56 Å². The second-order valence-electron chi connectivity index (χ2n) is 8.69. The van der Waals surface area contributed by atoms with Crippen molar-refractivity contribution in [3.8, 4) is 5.75 Å². The van der Waals surface area contributed by atoms with Gasteiger partial charge in [-0.15, -0.1) is 0 Å². The number of fused-ring (bicyclic) bond motifs is 1. The summed E-state index contributed by atoms with van der Waals surface area (Å²) in [7, 11) is -0.404. The summed E-state index contributed by atoms with van der Waals surface area (Å²) in [5.41, 5.74) is 1.66. The molecule has 0 aliphatic carbocycles. The maximum Gasteiger partial charge on any atom is 0.261 e. The highest BCUT2D eigenvalue weighted by atomic mass is 32.2. The van der Waals surface area contributed by atoms with Crippen LogP contribution in [-0.4, -0.2) is 65.2 Å².